The van der Waals surface area contributed by atoms with Crippen LogP contribution in [0.1, 0.15) is 33.4 Å². The molecule has 0 saturated heterocycles. The lowest BCUT2D eigenvalue weighted by Gasteiger charge is -2.07. The summed E-state index contributed by atoms with van der Waals surface area (Å²) in [6.07, 6.45) is 0.486. The third-order valence-electron chi connectivity index (χ3n) is 4.68. The number of hydrogen-bond donors (Lipinski definition) is 3. The molecule has 4 aromatic rings. The first-order chi connectivity index (χ1) is 14.4. The van der Waals surface area contributed by atoms with Gasteiger partial charge in [0.15, 0.2) is 5.82 Å². The van der Waals surface area contributed by atoms with Gasteiger partial charge in [0.2, 0.25) is 5.91 Å². The number of rotatable bonds is 6. The van der Waals surface area contributed by atoms with Crippen molar-refractivity contribution in [3.05, 3.63) is 71.1 Å². The summed E-state index contributed by atoms with van der Waals surface area (Å²) in [5, 5.41) is 16.3. The van der Waals surface area contributed by atoms with Crippen LogP contribution >= 0.6 is 0 Å². The van der Waals surface area contributed by atoms with Gasteiger partial charge >= 0.3 is 5.97 Å². The van der Waals surface area contributed by atoms with E-state index in [1.807, 2.05) is 25.1 Å². The number of fused-ring (bicyclic) bond motifs is 1. The molecule has 9 nitrogen and oxygen atoms in total. The van der Waals surface area contributed by atoms with Gasteiger partial charge in [-0.1, -0.05) is 12.1 Å². The maximum Gasteiger partial charge on any atom is 0.335 e. The van der Waals surface area contributed by atoms with Crippen molar-refractivity contribution in [2.75, 3.05) is 7.05 Å². The predicted molar refractivity (Wildman–Crippen MR) is 110 cm³/mol. The zero-order valence-corrected chi connectivity index (χ0v) is 16.5. The molecule has 2 aromatic carbocycles. The fourth-order valence-corrected chi connectivity index (χ4v) is 3.27. The molecular weight excluding hydrogens is 384 g/mol. The lowest BCUT2D eigenvalue weighted by molar-refractivity contribution is -0.120. The van der Waals surface area contributed by atoms with E-state index >= 15 is 0 Å². The molecule has 0 aliphatic rings. The second-order valence-electron chi connectivity index (χ2n) is 6.91. The zero-order chi connectivity index (χ0) is 21.3. The molecule has 0 spiro atoms. The average molecular weight is 404 g/mol. The van der Waals surface area contributed by atoms with Crippen molar-refractivity contribution in [1.29, 1.82) is 0 Å². The number of aromatic amines is 1. The average Bonchev–Trinajstić information content (AvgIpc) is 3.29. The van der Waals surface area contributed by atoms with Crippen molar-refractivity contribution in [3.8, 4) is 5.69 Å². The number of likely N-dealkylation sites (N-methyl/N-ethyl adjacent to an activating group) is 1. The van der Waals surface area contributed by atoms with Gasteiger partial charge in [-0.05, 0) is 42.8 Å². The molecule has 0 saturated carbocycles. The summed E-state index contributed by atoms with van der Waals surface area (Å²) in [5.74, 6) is 0.579. The van der Waals surface area contributed by atoms with Crippen LogP contribution in [-0.2, 0) is 17.6 Å². The molecular formula is C21H20N6O3. The molecule has 0 atom stereocenters. The number of aromatic nitrogens is 5. The maximum atomic E-state index is 11.8. The predicted octanol–water partition coefficient (Wildman–Crippen LogP) is 2.03. The van der Waals surface area contributed by atoms with E-state index in [-0.39, 0.29) is 17.9 Å². The smallest absolute Gasteiger partial charge is 0.335 e. The van der Waals surface area contributed by atoms with Crippen LogP contribution in [0.4, 0.5) is 0 Å². The Morgan fingerprint density at radius 1 is 1.17 bits per heavy atom. The highest BCUT2D eigenvalue weighted by atomic mass is 16.4. The minimum absolute atomic E-state index is 0.0356. The van der Waals surface area contributed by atoms with Crippen LogP contribution in [0, 0.1) is 6.92 Å². The number of amides is 1. The van der Waals surface area contributed by atoms with Crippen LogP contribution in [0.5, 0.6) is 0 Å². The van der Waals surface area contributed by atoms with Gasteiger partial charge in [-0.2, -0.15) is 5.10 Å². The Bertz CT molecular complexity index is 1260. The van der Waals surface area contributed by atoms with Crippen molar-refractivity contribution >= 4 is 22.9 Å². The Kier molecular flexibility index (Phi) is 5.01. The van der Waals surface area contributed by atoms with E-state index in [1.165, 1.54) is 12.1 Å². The van der Waals surface area contributed by atoms with Gasteiger partial charge < -0.3 is 15.4 Å². The molecule has 4 rings (SSSR count). The van der Waals surface area contributed by atoms with Gasteiger partial charge in [-0.15, -0.1) is 0 Å². The molecule has 0 unspecified atom stereocenters. The van der Waals surface area contributed by atoms with Crippen LogP contribution in [-0.4, -0.2) is 48.8 Å². The summed E-state index contributed by atoms with van der Waals surface area (Å²) in [4.78, 5) is 35.3. The number of H-pyrrole nitrogens is 1. The van der Waals surface area contributed by atoms with E-state index in [9.17, 15) is 14.7 Å². The van der Waals surface area contributed by atoms with Crippen molar-refractivity contribution in [2.45, 2.75) is 19.8 Å². The van der Waals surface area contributed by atoms with Gasteiger partial charge in [-0.25, -0.2) is 19.4 Å². The molecule has 9 heteroatoms. The number of nitrogens with one attached hydrogen (secondary N) is 2. The maximum absolute atomic E-state index is 11.8. The highest BCUT2D eigenvalue weighted by Gasteiger charge is 2.16. The third-order valence-corrected chi connectivity index (χ3v) is 4.68. The fraction of sp³-hybridized carbons (Fsp3) is 0.190. The summed E-state index contributed by atoms with van der Waals surface area (Å²) in [5.41, 5.74) is 3.51. The van der Waals surface area contributed by atoms with Crippen molar-refractivity contribution in [1.82, 2.24) is 30.0 Å². The Hall–Kier alpha value is -4.01. The third kappa shape index (κ3) is 3.90. The van der Waals surface area contributed by atoms with E-state index in [2.05, 4.69) is 25.4 Å². The highest BCUT2D eigenvalue weighted by Crippen LogP contribution is 2.19. The minimum Gasteiger partial charge on any atom is -0.478 e. The second-order valence-corrected chi connectivity index (χ2v) is 6.91. The molecule has 3 N–H and O–H groups in total. The first-order valence-electron chi connectivity index (χ1n) is 9.37. The SMILES string of the molecule is CNC(=O)Cc1nc(Cc2ccc3nc(C)[nH]c3c2)n(-c2cccc(C(=O)O)c2)n1. The number of carbonyl (C=O) groups excluding carboxylic acids is 1. The van der Waals surface area contributed by atoms with Crippen LogP contribution in [0.25, 0.3) is 16.7 Å². The normalized spacial score (nSPS) is 11.0. The Morgan fingerprint density at radius 2 is 2.00 bits per heavy atom. The first kappa shape index (κ1) is 19.3. The number of carbonyl (C=O) groups is 2. The molecule has 30 heavy (non-hydrogen) atoms. The van der Waals surface area contributed by atoms with Crippen LogP contribution in [0.3, 0.4) is 0 Å². The Labute approximate surface area is 171 Å². The molecule has 2 heterocycles. The topological polar surface area (TPSA) is 126 Å². The quantitative estimate of drug-likeness (QED) is 0.451. The number of nitrogens with zero attached hydrogens (tertiary/aromatic N) is 4. The number of aromatic carboxylic acids is 1. The summed E-state index contributed by atoms with van der Waals surface area (Å²) in [6, 6.07) is 12.4. The molecule has 0 aliphatic heterocycles. The van der Waals surface area contributed by atoms with Gasteiger partial charge in [0.1, 0.15) is 11.6 Å². The molecule has 0 aliphatic carbocycles. The first-order valence-corrected chi connectivity index (χ1v) is 9.37. The van der Waals surface area contributed by atoms with E-state index in [4.69, 9.17) is 0 Å². The largest absolute Gasteiger partial charge is 0.478 e. The van der Waals surface area contributed by atoms with E-state index < -0.39 is 5.97 Å². The molecule has 1 amide bonds. The monoisotopic (exact) mass is 404 g/mol. The van der Waals surface area contributed by atoms with Gasteiger partial charge in [0.05, 0.1) is 28.7 Å². The minimum atomic E-state index is -1.02. The number of carboxylic acids is 1. The number of benzene rings is 2. The number of carboxylic acid groups (broad SMARTS) is 1. The van der Waals surface area contributed by atoms with Gasteiger partial charge in [-0.3, -0.25) is 4.79 Å². The van der Waals surface area contributed by atoms with Crippen molar-refractivity contribution in [2.24, 2.45) is 0 Å². The van der Waals surface area contributed by atoms with Crippen LogP contribution in [0.15, 0.2) is 42.5 Å². The Morgan fingerprint density at radius 3 is 2.77 bits per heavy atom. The summed E-state index contributed by atoms with van der Waals surface area (Å²) in [7, 11) is 1.55. The van der Waals surface area contributed by atoms with E-state index in [0.717, 1.165) is 22.4 Å². The fourth-order valence-electron chi connectivity index (χ4n) is 3.27. The van der Waals surface area contributed by atoms with E-state index in [1.54, 1.807) is 23.9 Å². The number of aryl methyl sites for hydroxylation is 1. The lowest BCUT2D eigenvalue weighted by Crippen LogP contribution is -2.20. The molecule has 2 aromatic heterocycles. The standard InChI is InChI=1S/C21H20N6O3/c1-12-23-16-7-6-13(8-17(16)24-12)9-19-25-18(11-20(28)22-2)26-27(19)15-5-3-4-14(10-15)21(29)30/h3-8,10H,9,11H2,1-2H3,(H,22,28)(H,23,24)(H,29,30). The summed E-state index contributed by atoms with van der Waals surface area (Å²) in [6.45, 7) is 1.90. The summed E-state index contributed by atoms with van der Waals surface area (Å²) >= 11 is 0. The van der Waals surface area contributed by atoms with Crippen LogP contribution < -0.4 is 5.32 Å². The number of imidazole rings is 1. The van der Waals surface area contributed by atoms with Gasteiger partial charge in [0, 0.05) is 13.5 Å². The lowest BCUT2D eigenvalue weighted by atomic mass is 10.1. The van der Waals surface area contributed by atoms with E-state index in [0.29, 0.717) is 23.8 Å². The zero-order valence-electron chi connectivity index (χ0n) is 16.5. The van der Waals surface area contributed by atoms with Crippen molar-refractivity contribution < 1.29 is 14.7 Å². The van der Waals surface area contributed by atoms with Crippen LogP contribution in [0.2, 0.25) is 0 Å². The Balaban J connectivity index is 1.75. The highest BCUT2D eigenvalue weighted by molar-refractivity contribution is 5.88. The van der Waals surface area contributed by atoms with Crippen molar-refractivity contribution in [3.63, 3.8) is 0 Å². The molecule has 0 bridgehead atoms. The molecule has 0 radical (unpaired) electrons. The molecule has 152 valence electrons. The summed E-state index contributed by atoms with van der Waals surface area (Å²) < 4.78 is 1.59. The molecule has 0 fully saturated rings. The van der Waals surface area contributed by atoms with Gasteiger partial charge in [0.25, 0.3) is 0 Å². The number of hydrogen-bond acceptors (Lipinski definition) is 5. The second kappa shape index (κ2) is 7.78.